The Hall–Kier alpha value is -2.64. The lowest BCUT2D eigenvalue weighted by Gasteiger charge is -2.56. The van der Waals surface area contributed by atoms with E-state index in [2.05, 4.69) is 11.1 Å². The number of esters is 1. The molecule has 0 radical (unpaired) electrons. The maximum absolute atomic E-state index is 12.8. The summed E-state index contributed by atoms with van der Waals surface area (Å²) in [6, 6.07) is -0.963. The van der Waals surface area contributed by atoms with Gasteiger partial charge in [-0.3, -0.25) is 19.3 Å². The first-order valence-corrected chi connectivity index (χ1v) is 10.0. The molecule has 13 heteroatoms. The molecule has 1 fully saturated rings. The van der Waals surface area contributed by atoms with Gasteiger partial charge in [0.2, 0.25) is 5.91 Å². The van der Waals surface area contributed by atoms with E-state index < -0.39 is 52.6 Å². The van der Waals surface area contributed by atoms with Crippen LogP contribution in [0.15, 0.2) is 11.3 Å². The number of β-lactam (4-membered cyclic amide) rings is 1. The summed E-state index contributed by atoms with van der Waals surface area (Å²) in [5, 5.41) is 23.9. The van der Waals surface area contributed by atoms with Gasteiger partial charge in [-0.1, -0.05) is 0 Å². The molecule has 1 saturated heterocycles. The fourth-order valence-corrected chi connectivity index (χ4v) is 4.55. The van der Waals surface area contributed by atoms with Gasteiger partial charge in [0.15, 0.2) is 0 Å². The van der Waals surface area contributed by atoms with Crippen LogP contribution in [0.1, 0.15) is 26.2 Å². The number of aliphatic carboxylic acids is 2. The van der Waals surface area contributed by atoms with Gasteiger partial charge in [-0.05, 0) is 6.42 Å². The second-order valence-corrected chi connectivity index (χ2v) is 7.82. The molecule has 0 aliphatic carbocycles. The maximum atomic E-state index is 12.8. The van der Waals surface area contributed by atoms with E-state index in [-0.39, 0.29) is 37.2 Å². The molecule has 1 unspecified atom stereocenters. The molecule has 12 nitrogen and oxygen atoms in total. The molecule has 30 heavy (non-hydrogen) atoms. The molecule has 0 saturated carbocycles. The van der Waals surface area contributed by atoms with Crippen LogP contribution in [0.25, 0.3) is 0 Å². The minimum atomic E-state index is -1.77. The van der Waals surface area contributed by atoms with Crippen LogP contribution in [-0.2, 0) is 33.4 Å². The average molecular weight is 444 g/mol. The standard InChI is InChI=1S/C17H23N3O9S/c1-8(21)29-6-9-7-30-16-17(28-2,15(27)20(16)12(9)14(25)26)19-11(22)5-3-4-10(18)13(23)24/h10,16H,3-7,18H2,1-2H3,(H,19,22)(H,23,24)(H,25,26)/p-1/t10?,16-,17+/m1/s1. The Balaban J connectivity index is 2.11. The van der Waals surface area contributed by atoms with Crippen molar-refractivity contribution in [1.29, 1.82) is 0 Å². The third-order valence-electron chi connectivity index (χ3n) is 4.69. The van der Waals surface area contributed by atoms with Crippen LogP contribution in [0.4, 0.5) is 0 Å². The van der Waals surface area contributed by atoms with Crippen LogP contribution in [0.2, 0.25) is 0 Å². The summed E-state index contributed by atoms with van der Waals surface area (Å²) in [5.74, 6) is -4.81. The summed E-state index contributed by atoms with van der Waals surface area (Å²) in [7, 11) is 1.20. The number of carbonyl (C=O) groups excluding carboxylic acids is 5. The first-order chi connectivity index (χ1) is 14.0. The van der Waals surface area contributed by atoms with Crippen molar-refractivity contribution >= 4 is 41.5 Å². The topological polar surface area (TPSA) is 193 Å². The van der Waals surface area contributed by atoms with Gasteiger partial charge in [0, 0.05) is 38.2 Å². The number of hydrogen-bond donors (Lipinski definition) is 2. The first-order valence-electron chi connectivity index (χ1n) is 8.97. The Morgan fingerprint density at radius 2 is 2.03 bits per heavy atom. The summed E-state index contributed by atoms with van der Waals surface area (Å²) in [6.07, 6.45) is 0.223. The second-order valence-electron chi connectivity index (χ2n) is 6.75. The number of nitrogens with zero attached hydrogens (tertiary/aromatic N) is 1. The van der Waals surface area contributed by atoms with E-state index in [1.807, 2.05) is 0 Å². The number of fused-ring (bicyclic) bond motifs is 1. The van der Waals surface area contributed by atoms with Crippen molar-refractivity contribution in [2.75, 3.05) is 19.5 Å². The maximum Gasteiger partial charge on any atom is 0.302 e. The zero-order valence-corrected chi connectivity index (χ0v) is 17.2. The van der Waals surface area contributed by atoms with Crippen LogP contribution < -0.4 is 21.3 Å². The van der Waals surface area contributed by atoms with Crippen molar-refractivity contribution < 1.29 is 49.4 Å². The van der Waals surface area contributed by atoms with Gasteiger partial charge in [0.1, 0.15) is 18.0 Å². The van der Waals surface area contributed by atoms with Crippen LogP contribution in [0, 0.1) is 0 Å². The monoisotopic (exact) mass is 444 g/mol. The van der Waals surface area contributed by atoms with Crippen molar-refractivity contribution in [3.8, 4) is 0 Å². The fraction of sp³-hybridized carbons (Fsp3) is 0.588. The predicted molar refractivity (Wildman–Crippen MR) is 95.2 cm³/mol. The van der Waals surface area contributed by atoms with Crippen LogP contribution in [-0.4, -0.2) is 71.2 Å². The van der Waals surface area contributed by atoms with E-state index >= 15 is 0 Å². The highest BCUT2D eigenvalue weighted by Crippen LogP contribution is 2.46. The van der Waals surface area contributed by atoms with E-state index in [9.17, 15) is 34.2 Å². The number of rotatable bonds is 10. The van der Waals surface area contributed by atoms with Gasteiger partial charge in [0.05, 0.1) is 17.6 Å². The molecule has 0 aromatic rings. The molecule has 2 aliphatic heterocycles. The molecular weight excluding hydrogens is 422 g/mol. The minimum Gasteiger partial charge on any atom is -0.544 e. The fourth-order valence-electron chi connectivity index (χ4n) is 3.13. The number of carboxylic acid groups (broad SMARTS) is 2. The number of thioether (sulfide) groups is 1. The lowest BCUT2D eigenvalue weighted by molar-refractivity contribution is -0.438. The van der Waals surface area contributed by atoms with E-state index in [0.717, 1.165) is 16.7 Å². The third-order valence-corrected chi connectivity index (χ3v) is 6.06. The lowest BCUT2D eigenvalue weighted by atomic mass is 9.97. The molecule has 2 heterocycles. The van der Waals surface area contributed by atoms with E-state index in [1.54, 1.807) is 0 Å². The average Bonchev–Trinajstić information content (AvgIpc) is 2.68. The summed E-state index contributed by atoms with van der Waals surface area (Å²) >= 11 is 1.13. The van der Waals surface area contributed by atoms with Crippen LogP contribution in [0.3, 0.4) is 0 Å². The highest BCUT2D eigenvalue weighted by Gasteiger charge is 2.65. The van der Waals surface area contributed by atoms with Crippen molar-refractivity contribution in [3.63, 3.8) is 0 Å². The van der Waals surface area contributed by atoms with E-state index in [1.165, 1.54) is 14.0 Å². The SMILES string of the molecule is CO[C@@]1(NC(=O)CCCC([NH3+])C(=O)[O-])C(=O)N2C(C(=O)[O-])=C(COC(C)=O)CS[C@@H]21. The Morgan fingerprint density at radius 3 is 2.57 bits per heavy atom. The summed E-state index contributed by atoms with van der Waals surface area (Å²) in [5.41, 5.74) is 1.40. The molecule has 0 aromatic heterocycles. The molecule has 0 bridgehead atoms. The Morgan fingerprint density at radius 1 is 1.37 bits per heavy atom. The van der Waals surface area contributed by atoms with Crippen LogP contribution in [0.5, 0.6) is 0 Å². The largest absolute Gasteiger partial charge is 0.544 e. The predicted octanol–water partition coefficient (Wildman–Crippen LogP) is -4.54. The second kappa shape index (κ2) is 9.45. The van der Waals surface area contributed by atoms with Crippen molar-refractivity contribution in [2.45, 2.75) is 43.3 Å². The zero-order chi connectivity index (χ0) is 22.6. The Labute approximate surface area is 175 Å². The molecule has 2 aliphatic rings. The number of nitrogens with one attached hydrogen (secondary N) is 1. The zero-order valence-electron chi connectivity index (χ0n) is 16.4. The normalized spacial score (nSPS) is 23.9. The minimum absolute atomic E-state index is 0.0873. The van der Waals surface area contributed by atoms with E-state index in [0.29, 0.717) is 0 Å². The van der Waals surface area contributed by atoms with Gasteiger partial charge in [-0.15, -0.1) is 11.8 Å². The van der Waals surface area contributed by atoms with E-state index in [4.69, 9.17) is 9.47 Å². The van der Waals surface area contributed by atoms with Gasteiger partial charge >= 0.3 is 5.97 Å². The number of amides is 2. The van der Waals surface area contributed by atoms with Crippen molar-refractivity contribution in [2.24, 2.45) is 0 Å². The number of hydrogen-bond acceptors (Lipinski definition) is 10. The highest BCUT2D eigenvalue weighted by atomic mass is 32.2. The number of carboxylic acids is 2. The van der Waals surface area contributed by atoms with Gasteiger partial charge < -0.3 is 40.3 Å². The molecule has 3 atom stereocenters. The number of carbonyl (C=O) groups is 5. The molecule has 4 N–H and O–H groups in total. The molecule has 0 aromatic carbocycles. The Kier molecular flexibility index (Phi) is 7.44. The summed E-state index contributed by atoms with van der Waals surface area (Å²) in [6.45, 7) is 0.862. The highest BCUT2D eigenvalue weighted by molar-refractivity contribution is 8.00. The number of methoxy groups -OCH3 is 1. The van der Waals surface area contributed by atoms with Gasteiger partial charge in [0.25, 0.3) is 11.6 Å². The first kappa shape index (κ1) is 23.6. The Bertz CT molecular complexity index is 799. The summed E-state index contributed by atoms with van der Waals surface area (Å²) in [4.78, 5) is 59.3. The molecule has 166 valence electrons. The number of quaternary nitrogens is 1. The molecule has 2 amide bonds. The molecular formula is C17H22N3O9S-. The lowest BCUT2D eigenvalue weighted by Crippen LogP contribution is -2.81. The summed E-state index contributed by atoms with van der Waals surface area (Å²) < 4.78 is 10.1. The van der Waals surface area contributed by atoms with Gasteiger partial charge in [-0.2, -0.15) is 0 Å². The molecule has 0 spiro atoms. The van der Waals surface area contributed by atoms with Gasteiger partial charge in [-0.25, -0.2) is 0 Å². The van der Waals surface area contributed by atoms with Crippen molar-refractivity contribution in [1.82, 2.24) is 10.2 Å². The smallest absolute Gasteiger partial charge is 0.302 e. The molecule has 2 rings (SSSR count). The quantitative estimate of drug-likeness (QED) is 0.188. The van der Waals surface area contributed by atoms with Crippen LogP contribution >= 0.6 is 11.8 Å². The third kappa shape index (κ3) is 4.57. The number of ether oxygens (including phenoxy) is 2. The van der Waals surface area contributed by atoms with Crippen molar-refractivity contribution in [3.05, 3.63) is 11.3 Å².